The Morgan fingerprint density at radius 3 is 2.41 bits per heavy atom. The van der Waals surface area contributed by atoms with Gasteiger partial charge in [-0.25, -0.2) is 0 Å². The number of benzene rings is 2. The summed E-state index contributed by atoms with van der Waals surface area (Å²) in [6, 6.07) is 16.0. The van der Waals surface area contributed by atoms with Gasteiger partial charge in [0, 0.05) is 19.3 Å². The Bertz CT molecular complexity index is 1090. The van der Waals surface area contributed by atoms with E-state index < -0.39 is 17.9 Å². The Kier molecular flexibility index (Phi) is 8.52. The minimum absolute atomic E-state index is 0.215. The summed E-state index contributed by atoms with van der Waals surface area (Å²) in [4.78, 5) is 16.3. The number of rotatable bonds is 9. The molecule has 0 aliphatic rings. The van der Waals surface area contributed by atoms with Crippen LogP contribution in [-0.2, 0) is 17.4 Å². The molecule has 0 fully saturated rings. The fraction of sp³-hybridized carbons (Fsp3) is 0.280. The average Bonchev–Trinajstić information content (AvgIpc) is 2.84. The number of nitrogens with one attached hydrogen (secondary N) is 2. The van der Waals surface area contributed by atoms with Gasteiger partial charge in [-0.15, -0.1) is 0 Å². The lowest BCUT2D eigenvalue weighted by atomic mass is 9.96. The lowest BCUT2D eigenvalue weighted by Crippen LogP contribution is -2.38. The SMILES string of the molecule is CNC(=O)[C@@H](N[C@H](CCc1ccc(C(F)(F)F)nc1)c1ccc(Cl)c(OC)c1)c1ccccc1. The molecule has 3 rings (SSSR count). The number of hydrogen-bond donors (Lipinski definition) is 2. The van der Waals surface area contributed by atoms with Crippen molar-refractivity contribution >= 4 is 17.5 Å². The van der Waals surface area contributed by atoms with Gasteiger partial charge < -0.3 is 10.1 Å². The number of carbonyl (C=O) groups excluding carboxylic acids is 1. The maximum atomic E-state index is 12.8. The second-order valence-electron chi connectivity index (χ2n) is 7.66. The summed E-state index contributed by atoms with van der Waals surface area (Å²) in [6.07, 6.45) is -2.34. The van der Waals surface area contributed by atoms with Crippen LogP contribution in [0.25, 0.3) is 0 Å². The van der Waals surface area contributed by atoms with E-state index in [4.69, 9.17) is 16.3 Å². The van der Waals surface area contributed by atoms with Gasteiger partial charge in [-0.2, -0.15) is 13.2 Å². The number of alkyl halides is 3. The molecule has 0 unspecified atom stereocenters. The van der Waals surface area contributed by atoms with Crippen molar-refractivity contribution in [1.82, 2.24) is 15.6 Å². The quantitative estimate of drug-likeness (QED) is 0.414. The van der Waals surface area contributed by atoms with Crippen LogP contribution in [0, 0.1) is 0 Å². The van der Waals surface area contributed by atoms with E-state index in [0.717, 1.165) is 17.2 Å². The van der Waals surface area contributed by atoms with Gasteiger partial charge in [0.05, 0.1) is 12.1 Å². The Morgan fingerprint density at radius 2 is 1.82 bits per heavy atom. The van der Waals surface area contributed by atoms with E-state index in [-0.39, 0.29) is 11.9 Å². The average molecular weight is 492 g/mol. The molecule has 0 radical (unpaired) electrons. The monoisotopic (exact) mass is 491 g/mol. The Labute approximate surface area is 201 Å². The summed E-state index contributed by atoms with van der Waals surface area (Å²) in [5.74, 6) is 0.270. The first-order chi connectivity index (χ1) is 16.2. The number of amides is 1. The van der Waals surface area contributed by atoms with Crippen molar-refractivity contribution in [1.29, 1.82) is 0 Å². The summed E-state index contributed by atoms with van der Waals surface area (Å²) in [5.41, 5.74) is 1.32. The van der Waals surface area contributed by atoms with Gasteiger partial charge in [0.15, 0.2) is 0 Å². The van der Waals surface area contributed by atoms with Crippen LogP contribution in [0.1, 0.15) is 40.9 Å². The summed E-state index contributed by atoms with van der Waals surface area (Å²) in [6.45, 7) is 0. The smallest absolute Gasteiger partial charge is 0.433 e. The van der Waals surface area contributed by atoms with Crippen LogP contribution in [0.3, 0.4) is 0 Å². The van der Waals surface area contributed by atoms with Crippen molar-refractivity contribution in [3.8, 4) is 5.75 Å². The van der Waals surface area contributed by atoms with E-state index in [0.29, 0.717) is 29.2 Å². The number of carbonyl (C=O) groups is 1. The van der Waals surface area contributed by atoms with Crippen molar-refractivity contribution in [3.05, 3.63) is 94.3 Å². The van der Waals surface area contributed by atoms with Gasteiger partial charge in [0.1, 0.15) is 17.5 Å². The van der Waals surface area contributed by atoms with Crippen LogP contribution in [0.5, 0.6) is 5.75 Å². The maximum Gasteiger partial charge on any atom is 0.433 e. The maximum absolute atomic E-state index is 12.8. The molecule has 0 saturated carbocycles. The molecule has 1 heterocycles. The number of halogens is 4. The summed E-state index contributed by atoms with van der Waals surface area (Å²) < 4.78 is 43.9. The van der Waals surface area contributed by atoms with Crippen molar-refractivity contribution in [3.63, 3.8) is 0 Å². The third kappa shape index (κ3) is 6.48. The number of hydrogen-bond acceptors (Lipinski definition) is 4. The van der Waals surface area contributed by atoms with E-state index in [2.05, 4.69) is 15.6 Å². The van der Waals surface area contributed by atoms with Gasteiger partial charge in [0.2, 0.25) is 5.91 Å². The van der Waals surface area contributed by atoms with Crippen molar-refractivity contribution in [2.45, 2.75) is 31.1 Å². The molecule has 0 aliphatic carbocycles. The normalized spacial score (nSPS) is 13.2. The first-order valence-corrected chi connectivity index (χ1v) is 11.0. The van der Waals surface area contributed by atoms with E-state index in [1.54, 1.807) is 19.2 Å². The van der Waals surface area contributed by atoms with Crippen molar-refractivity contribution in [2.24, 2.45) is 0 Å². The molecule has 9 heteroatoms. The molecule has 1 amide bonds. The number of pyridine rings is 1. The van der Waals surface area contributed by atoms with E-state index >= 15 is 0 Å². The fourth-order valence-electron chi connectivity index (χ4n) is 3.60. The Hall–Kier alpha value is -3.10. The zero-order valence-corrected chi connectivity index (χ0v) is 19.5. The Morgan fingerprint density at radius 1 is 1.09 bits per heavy atom. The van der Waals surface area contributed by atoms with Crippen molar-refractivity contribution in [2.75, 3.05) is 14.2 Å². The highest BCUT2D eigenvalue weighted by Crippen LogP contribution is 2.32. The molecule has 2 aromatic carbocycles. The van der Waals surface area contributed by atoms with E-state index in [1.807, 2.05) is 36.4 Å². The van der Waals surface area contributed by atoms with Crippen molar-refractivity contribution < 1.29 is 22.7 Å². The molecule has 3 aromatic rings. The number of aromatic nitrogens is 1. The second-order valence-corrected chi connectivity index (χ2v) is 8.07. The number of likely N-dealkylation sites (N-methyl/N-ethyl adjacent to an activating group) is 1. The summed E-state index contributed by atoms with van der Waals surface area (Å²) in [7, 11) is 3.08. The molecule has 1 aromatic heterocycles. The molecule has 2 atom stereocenters. The predicted molar refractivity (Wildman–Crippen MR) is 125 cm³/mol. The van der Waals surface area contributed by atoms with Gasteiger partial charge in [-0.1, -0.05) is 54.1 Å². The minimum Gasteiger partial charge on any atom is -0.495 e. The third-order valence-corrected chi connectivity index (χ3v) is 5.74. The summed E-state index contributed by atoms with van der Waals surface area (Å²) >= 11 is 6.19. The fourth-order valence-corrected chi connectivity index (χ4v) is 3.80. The number of aryl methyl sites for hydroxylation is 1. The van der Waals surface area contributed by atoms with Crippen LogP contribution >= 0.6 is 11.6 Å². The molecule has 180 valence electrons. The van der Waals surface area contributed by atoms with Crippen LogP contribution in [0.2, 0.25) is 5.02 Å². The highest BCUT2D eigenvalue weighted by molar-refractivity contribution is 6.32. The molecule has 2 N–H and O–H groups in total. The predicted octanol–water partition coefficient (Wildman–Crippen LogP) is 5.51. The molecule has 0 bridgehead atoms. The molecular formula is C25H25ClF3N3O2. The Balaban J connectivity index is 1.89. The van der Waals surface area contributed by atoms with E-state index in [1.165, 1.54) is 19.4 Å². The van der Waals surface area contributed by atoms with Gasteiger partial charge in [-0.05, 0) is 47.7 Å². The first-order valence-electron chi connectivity index (χ1n) is 10.6. The van der Waals surface area contributed by atoms with Gasteiger partial charge in [0.25, 0.3) is 0 Å². The molecule has 0 saturated heterocycles. The topological polar surface area (TPSA) is 63.2 Å². The minimum atomic E-state index is -4.49. The van der Waals surface area contributed by atoms with Crippen LogP contribution in [0.4, 0.5) is 13.2 Å². The van der Waals surface area contributed by atoms with Crippen LogP contribution in [0.15, 0.2) is 66.9 Å². The second kappa shape index (κ2) is 11.4. The molecular weight excluding hydrogens is 467 g/mol. The lowest BCUT2D eigenvalue weighted by Gasteiger charge is -2.26. The zero-order chi connectivity index (χ0) is 24.7. The molecule has 34 heavy (non-hydrogen) atoms. The highest BCUT2D eigenvalue weighted by Gasteiger charge is 2.32. The largest absolute Gasteiger partial charge is 0.495 e. The lowest BCUT2D eigenvalue weighted by molar-refractivity contribution is -0.141. The van der Waals surface area contributed by atoms with E-state index in [9.17, 15) is 18.0 Å². The molecule has 0 spiro atoms. The number of nitrogens with zero attached hydrogens (tertiary/aromatic N) is 1. The number of methoxy groups -OCH3 is 1. The standard InChI is InChI=1S/C25H25ClF3N3O2/c1-30-24(33)23(17-6-4-3-5-7-17)32-20(18-10-11-19(26)21(14-18)34-2)12-8-16-9-13-22(31-15-16)25(27,28)29/h3-7,9-11,13-15,20,23,32H,8,12H2,1-2H3,(H,30,33)/t20-,23+/m1/s1. The van der Waals surface area contributed by atoms with Crippen LogP contribution < -0.4 is 15.4 Å². The highest BCUT2D eigenvalue weighted by atomic mass is 35.5. The van der Waals surface area contributed by atoms with Crippen LogP contribution in [-0.4, -0.2) is 25.0 Å². The first kappa shape index (κ1) is 25.5. The molecule has 5 nitrogen and oxygen atoms in total. The zero-order valence-electron chi connectivity index (χ0n) is 18.7. The summed E-state index contributed by atoms with van der Waals surface area (Å²) in [5, 5.41) is 6.53. The van der Waals surface area contributed by atoms with Gasteiger partial charge in [-0.3, -0.25) is 15.1 Å². The molecule has 0 aliphatic heterocycles. The third-order valence-electron chi connectivity index (χ3n) is 5.42. The van der Waals surface area contributed by atoms with Gasteiger partial charge >= 0.3 is 6.18 Å². The number of ether oxygens (including phenoxy) is 1.